The summed E-state index contributed by atoms with van der Waals surface area (Å²) >= 11 is 0. The zero-order valence-electron chi connectivity index (χ0n) is 12.4. The van der Waals surface area contributed by atoms with E-state index in [1.54, 1.807) is 0 Å². The molecular weight excluding hydrogens is 254 g/mol. The van der Waals surface area contributed by atoms with Crippen LogP contribution in [0, 0.1) is 0 Å². The van der Waals surface area contributed by atoms with Crippen molar-refractivity contribution in [2.45, 2.75) is 37.5 Å². The Labute approximate surface area is 126 Å². The number of rotatable bonds is 1. The fourth-order valence-electron chi connectivity index (χ4n) is 4.17. The molecule has 1 nitrogen and oxygen atoms in total. The lowest BCUT2D eigenvalue weighted by Crippen LogP contribution is -2.31. The Hall–Kier alpha value is -2.02. The molecule has 21 heavy (non-hydrogen) atoms. The quantitative estimate of drug-likeness (QED) is 0.659. The summed E-state index contributed by atoms with van der Waals surface area (Å²) in [5, 5.41) is 0. The van der Waals surface area contributed by atoms with Crippen LogP contribution >= 0.6 is 0 Å². The maximum atomic E-state index is 4.53. The number of anilines is 2. The molecule has 1 spiro atoms. The van der Waals surface area contributed by atoms with E-state index in [2.05, 4.69) is 66.1 Å². The van der Waals surface area contributed by atoms with Crippen molar-refractivity contribution < 1.29 is 0 Å². The fraction of sp³-hybridized carbons (Fsp3) is 0.300. The average molecular weight is 275 g/mol. The lowest BCUT2D eigenvalue weighted by Gasteiger charge is -2.36. The minimum atomic E-state index is 0.171. The second kappa shape index (κ2) is 4.77. The molecule has 1 heteroatoms. The molecule has 1 saturated carbocycles. The Kier molecular flexibility index (Phi) is 2.88. The first-order chi connectivity index (χ1) is 10.3. The van der Waals surface area contributed by atoms with Crippen LogP contribution in [0.25, 0.3) is 0 Å². The smallest absolute Gasteiger partial charge is 0.0500 e. The van der Waals surface area contributed by atoms with Gasteiger partial charge in [-0.15, -0.1) is 0 Å². The molecule has 0 N–H and O–H groups in total. The van der Waals surface area contributed by atoms with E-state index in [9.17, 15) is 0 Å². The van der Waals surface area contributed by atoms with Crippen LogP contribution < -0.4 is 4.90 Å². The monoisotopic (exact) mass is 275 g/mol. The predicted octanol–water partition coefficient (Wildman–Crippen LogP) is 5.55. The first-order valence-corrected chi connectivity index (χ1v) is 7.97. The van der Waals surface area contributed by atoms with E-state index in [1.807, 2.05) is 0 Å². The van der Waals surface area contributed by atoms with E-state index in [-0.39, 0.29) is 5.41 Å². The zero-order valence-corrected chi connectivity index (χ0v) is 12.4. The van der Waals surface area contributed by atoms with E-state index in [4.69, 9.17) is 0 Å². The first kappa shape index (κ1) is 12.7. The fourth-order valence-corrected chi connectivity index (χ4v) is 4.17. The van der Waals surface area contributed by atoms with Crippen molar-refractivity contribution in [3.05, 3.63) is 72.4 Å². The van der Waals surface area contributed by atoms with Crippen LogP contribution in [0.4, 0.5) is 11.4 Å². The van der Waals surface area contributed by atoms with E-state index in [0.29, 0.717) is 0 Å². The van der Waals surface area contributed by atoms with Crippen molar-refractivity contribution in [1.82, 2.24) is 0 Å². The Morgan fingerprint density at radius 3 is 2.24 bits per heavy atom. The number of benzene rings is 2. The highest BCUT2D eigenvalue weighted by molar-refractivity contribution is 5.79. The first-order valence-electron chi connectivity index (χ1n) is 7.97. The highest BCUT2D eigenvalue weighted by atomic mass is 15.2. The summed E-state index contributed by atoms with van der Waals surface area (Å²) in [6.45, 7) is 4.53. The molecular formula is C20H21N. The van der Waals surface area contributed by atoms with Gasteiger partial charge >= 0.3 is 0 Å². The summed E-state index contributed by atoms with van der Waals surface area (Å²) < 4.78 is 0. The zero-order chi connectivity index (χ0) is 14.3. The van der Waals surface area contributed by atoms with Crippen LogP contribution in [0.15, 0.2) is 66.9 Å². The van der Waals surface area contributed by atoms with Gasteiger partial charge in [0.05, 0.1) is 0 Å². The number of hydrogen-bond donors (Lipinski definition) is 0. The van der Waals surface area contributed by atoms with Crippen LogP contribution in [0.1, 0.15) is 37.7 Å². The molecule has 1 aliphatic heterocycles. The lowest BCUT2D eigenvalue weighted by atomic mass is 9.69. The van der Waals surface area contributed by atoms with Gasteiger partial charge in [0, 0.05) is 22.5 Å². The van der Waals surface area contributed by atoms with Crippen LogP contribution in [0.3, 0.4) is 0 Å². The van der Waals surface area contributed by atoms with Crippen molar-refractivity contribution in [3.8, 4) is 0 Å². The third kappa shape index (κ3) is 1.77. The Bertz CT molecular complexity index is 665. The van der Waals surface area contributed by atoms with Gasteiger partial charge in [-0.2, -0.15) is 0 Å². The summed E-state index contributed by atoms with van der Waals surface area (Å²) in [4.78, 5) is 2.38. The van der Waals surface area contributed by atoms with Crippen LogP contribution in [0.2, 0.25) is 0 Å². The van der Waals surface area contributed by atoms with E-state index in [1.165, 1.54) is 54.7 Å². The molecule has 1 heterocycles. The van der Waals surface area contributed by atoms with Gasteiger partial charge < -0.3 is 4.90 Å². The molecule has 0 saturated heterocycles. The Morgan fingerprint density at radius 1 is 0.810 bits per heavy atom. The molecule has 0 unspecified atom stereocenters. The summed E-state index contributed by atoms with van der Waals surface area (Å²) in [7, 11) is 0. The van der Waals surface area contributed by atoms with Crippen molar-refractivity contribution >= 4 is 11.4 Å². The molecule has 0 amide bonds. The molecule has 4 rings (SSSR count). The third-order valence-corrected chi connectivity index (χ3v) is 5.20. The van der Waals surface area contributed by atoms with Crippen LogP contribution in [-0.2, 0) is 5.41 Å². The summed E-state index contributed by atoms with van der Waals surface area (Å²) in [5.74, 6) is 0. The minimum absolute atomic E-state index is 0.171. The predicted molar refractivity (Wildman–Crippen MR) is 88.9 cm³/mol. The minimum Gasteiger partial charge on any atom is -0.314 e. The number of nitrogens with zero attached hydrogens (tertiary/aromatic N) is 1. The lowest BCUT2D eigenvalue weighted by molar-refractivity contribution is 0.348. The van der Waals surface area contributed by atoms with Crippen LogP contribution in [-0.4, -0.2) is 0 Å². The SMILES string of the molecule is C=C1N(c2ccccc2)c2ccccc2C12CCCCC2. The molecule has 1 fully saturated rings. The maximum Gasteiger partial charge on any atom is 0.0500 e. The number of hydrogen-bond acceptors (Lipinski definition) is 1. The molecule has 2 aromatic carbocycles. The van der Waals surface area contributed by atoms with Gasteiger partial charge in [0.2, 0.25) is 0 Å². The normalized spacial score (nSPS) is 19.8. The largest absolute Gasteiger partial charge is 0.314 e. The van der Waals surface area contributed by atoms with Crippen molar-refractivity contribution in [3.63, 3.8) is 0 Å². The second-order valence-corrected chi connectivity index (χ2v) is 6.28. The van der Waals surface area contributed by atoms with E-state index >= 15 is 0 Å². The standard InChI is InChI=1S/C20H21N/c1-16-20(14-8-3-9-15-20)18-12-6-7-13-19(18)21(16)17-10-4-2-5-11-17/h2,4-7,10-13H,1,3,8-9,14-15H2. The van der Waals surface area contributed by atoms with E-state index in [0.717, 1.165) is 0 Å². The van der Waals surface area contributed by atoms with Gasteiger partial charge in [0.1, 0.15) is 0 Å². The van der Waals surface area contributed by atoms with Gasteiger partial charge in [0.15, 0.2) is 0 Å². The topological polar surface area (TPSA) is 3.24 Å². The average Bonchev–Trinajstić information content (AvgIpc) is 2.79. The molecule has 106 valence electrons. The van der Waals surface area contributed by atoms with Crippen molar-refractivity contribution in [2.24, 2.45) is 0 Å². The van der Waals surface area contributed by atoms with E-state index < -0.39 is 0 Å². The molecule has 0 bridgehead atoms. The second-order valence-electron chi connectivity index (χ2n) is 6.28. The third-order valence-electron chi connectivity index (χ3n) is 5.20. The van der Waals surface area contributed by atoms with Gasteiger partial charge in [-0.3, -0.25) is 0 Å². The number of fused-ring (bicyclic) bond motifs is 2. The Morgan fingerprint density at radius 2 is 1.48 bits per heavy atom. The van der Waals surface area contributed by atoms with Crippen LogP contribution in [0.5, 0.6) is 0 Å². The van der Waals surface area contributed by atoms with Crippen molar-refractivity contribution in [1.29, 1.82) is 0 Å². The molecule has 0 radical (unpaired) electrons. The molecule has 2 aliphatic rings. The number of allylic oxidation sites excluding steroid dienone is 1. The molecule has 1 aliphatic carbocycles. The van der Waals surface area contributed by atoms with Gasteiger partial charge in [-0.1, -0.05) is 62.2 Å². The van der Waals surface area contributed by atoms with Gasteiger partial charge in [-0.05, 0) is 36.6 Å². The Balaban J connectivity index is 1.89. The summed E-state index contributed by atoms with van der Waals surface area (Å²) in [6, 6.07) is 19.5. The van der Waals surface area contributed by atoms with Gasteiger partial charge in [-0.25, -0.2) is 0 Å². The maximum absolute atomic E-state index is 4.53. The molecule has 0 aromatic heterocycles. The molecule has 2 aromatic rings. The van der Waals surface area contributed by atoms with Gasteiger partial charge in [0.25, 0.3) is 0 Å². The number of para-hydroxylation sites is 2. The highest BCUT2D eigenvalue weighted by Crippen LogP contribution is 2.56. The summed E-state index contributed by atoms with van der Waals surface area (Å²) in [5.41, 5.74) is 5.49. The molecule has 0 atom stereocenters. The summed E-state index contributed by atoms with van der Waals surface area (Å²) in [6.07, 6.45) is 6.48. The van der Waals surface area contributed by atoms with Crippen molar-refractivity contribution in [2.75, 3.05) is 4.90 Å². The highest BCUT2D eigenvalue weighted by Gasteiger charge is 2.46.